The van der Waals surface area contributed by atoms with Gasteiger partial charge < -0.3 is 4.90 Å². The Morgan fingerprint density at radius 1 is 1.17 bits per heavy atom. The maximum atomic E-state index is 12.8. The van der Waals surface area contributed by atoms with Gasteiger partial charge >= 0.3 is 0 Å². The third-order valence-corrected chi connectivity index (χ3v) is 5.48. The largest absolute Gasteiger partial charge is 0.341 e. The van der Waals surface area contributed by atoms with E-state index in [4.69, 9.17) is 0 Å². The van der Waals surface area contributed by atoms with Gasteiger partial charge in [0, 0.05) is 13.1 Å². The average molecular weight is 338 g/mol. The van der Waals surface area contributed by atoms with Crippen molar-refractivity contribution in [1.82, 2.24) is 4.90 Å². The van der Waals surface area contributed by atoms with Gasteiger partial charge in [-0.2, -0.15) is 0 Å². The second kappa shape index (κ2) is 7.34. The summed E-state index contributed by atoms with van der Waals surface area (Å²) in [6.07, 6.45) is 5.39. The molecule has 128 valence electrons. The normalized spacial score (nSPS) is 17.4. The summed E-state index contributed by atoms with van der Waals surface area (Å²) in [5, 5.41) is 0. The molecule has 0 bridgehead atoms. The first-order valence-corrected chi connectivity index (χ1v) is 10.0. The molecule has 0 aliphatic carbocycles. The zero-order valence-electron chi connectivity index (χ0n) is 14.2. The van der Waals surface area contributed by atoms with Crippen molar-refractivity contribution in [2.75, 3.05) is 23.7 Å². The highest BCUT2D eigenvalue weighted by atomic mass is 32.2. The van der Waals surface area contributed by atoms with Crippen LogP contribution in [0, 0.1) is 6.92 Å². The first kappa shape index (κ1) is 17.8. The quantitative estimate of drug-likeness (QED) is 0.848. The number of carbonyl (C=O) groups excluding carboxylic acids is 1. The van der Waals surface area contributed by atoms with Crippen molar-refractivity contribution in [3.63, 3.8) is 0 Å². The van der Waals surface area contributed by atoms with Gasteiger partial charge in [0.1, 0.15) is 6.04 Å². The average Bonchev–Trinajstić information content (AvgIpc) is 2.74. The zero-order chi connectivity index (χ0) is 17.0. The van der Waals surface area contributed by atoms with Crippen LogP contribution in [0.4, 0.5) is 5.69 Å². The van der Waals surface area contributed by atoms with E-state index in [-0.39, 0.29) is 5.91 Å². The van der Waals surface area contributed by atoms with Gasteiger partial charge in [-0.3, -0.25) is 9.10 Å². The van der Waals surface area contributed by atoms with Crippen LogP contribution in [0.2, 0.25) is 0 Å². The second-order valence-electron chi connectivity index (χ2n) is 6.31. The van der Waals surface area contributed by atoms with E-state index in [0.717, 1.165) is 37.5 Å². The van der Waals surface area contributed by atoms with Crippen LogP contribution in [-0.4, -0.2) is 44.6 Å². The van der Waals surface area contributed by atoms with Crippen molar-refractivity contribution in [2.24, 2.45) is 0 Å². The van der Waals surface area contributed by atoms with E-state index >= 15 is 0 Å². The van der Waals surface area contributed by atoms with Crippen LogP contribution < -0.4 is 4.31 Å². The molecule has 0 spiro atoms. The van der Waals surface area contributed by atoms with Crippen molar-refractivity contribution in [1.29, 1.82) is 0 Å². The molecule has 1 saturated heterocycles. The van der Waals surface area contributed by atoms with Crippen LogP contribution in [0.15, 0.2) is 24.3 Å². The third-order valence-electron chi connectivity index (χ3n) is 4.24. The Labute approximate surface area is 139 Å². The van der Waals surface area contributed by atoms with Crippen molar-refractivity contribution in [3.8, 4) is 0 Å². The summed E-state index contributed by atoms with van der Waals surface area (Å²) in [6.45, 7) is 5.02. The second-order valence-corrected chi connectivity index (χ2v) is 8.17. The Balaban J connectivity index is 2.30. The number of aryl methyl sites for hydroxylation is 1. The van der Waals surface area contributed by atoms with Crippen LogP contribution >= 0.6 is 0 Å². The summed E-state index contributed by atoms with van der Waals surface area (Å²) < 4.78 is 25.8. The molecule has 2 rings (SSSR count). The number of sulfonamides is 1. The molecule has 1 heterocycles. The molecule has 0 radical (unpaired) electrons. The molecular formula is C17H26N2O3S. The lowest BCUT2D eigenvalue weighted by Crippen LogP contribution is -2.49. The van der Waals surface area contributed by atoms with Gasteiger partial charge in [-0.1, -0.05) is 25.0 Å². The topological polar surface area (TPSA) is 57.7 Å². The lowest BCUT2D eigenvalue weighted by atomic mass is 10.2. The maximum absolute atomic E-state index is 12.8. The van der Waals surface area contributed by atoms with Crippen LogP contribution in [0.5, 0.6) is 0 Å². The number of likely N-dealkylation sites (tertiary alicyclic amines) is 1. The fraction of sp³-hybridized carbons (Fsp3) is 0.588. The molecule has 1 atom stereocenters. The van der Waals surface area contributed by atoms with Gasteiger partial charge in [0.15, 0.2) is 0 Å². The lowest BCUT2D eigenvalue weighted by Gasteiger charge is -2.32. The summed E-state index contributed by atoms with van der Waals surface area (Å²) in [7, 11) is -3.54. The Morgan fingerprint density at radius 2 is 1.78 bits per heavy atom. The molecule has 5 nitrogen and oxygen atoms in total. The number of hydrogen-bond donors (Lipinski definition) is 0. The molecule has 6 heteroatoms. The molecule has 0 aromatic heterocycles. The molecule has 0 N–H and O–H groups in total. The van der Waals surface area contributed by atoms with Gasteiger partial charge in [-0.25, -0.2) is 8.42 Å². The van der Waals surface area contributed by atoms with Crippen LogP contribution in [-0.2, 0) is 14.8 Å². The van der Waals surface area contributed by atoms with E-state index in [1.54, 1.807) is 19.1 Å². The fourth-order valence-corrected chi connectivity index (χ4v) is 4.28. The summed E-state index contributed by atoms with van der Waals surface area (Å²) in [4.78, 5) is 14.6. The molecule has 1 aromatic rings. The smallest absolute Gasteiger partial charge is 0.246 e. The number of benzene rings is 1. The summed E-state index contributed by atoms with van der Waals surface area (Å²) >= 11 is 0. The molecule has 1 aliphatic rings. The number of nitrogens with zero attached hydrogens (tertiary/aromatic N) is 2. The van der Waals surface area contributed by atoms with Gasteiger partial charge in [0.25, 0.3) is 0 Å². The number of rotatable bonds is 4. The van der Waals surface area contributed by atoms with Gasteiger partial charge in [-0.05, 0) is 44.4 Å². The number of carbonyl (C=O) groups is 1. The highest BCUT2D eigenvalue weighted by molar-refractivity contribution is 7.92. The molecule has 1 fully saturated rings. The number of amides is 1. The van der Waals surface area contributed by atoms with E-state index < -0.39 is 16.1 Å². The van der Waals surface area contributed by atoms with Gasteiger partial charge in [0.2, 0.25) is 15.9 Å². The predicted octanol–water partition coefficient (Wildman–Crippen LogP) is 2.55. The van der Waals surface area contributed by atoms with Gasteiger partial charge in [-0.15, -0.1) is 0 Å². The van der Waals surface area contributed by atoms with E-state index in [1.165, 1.54) is 4.31 Å². The fourth-order valence-electron chi connectivity index (χ4n) is 3.12. The van der Waals surface area contributed by atoms with Crippen LogP contribution in [0.25, 0.3) is 0 Å². The predicted molar refractivity (Wildman–Crippen MR) is 93.0 cm³/mol. The van der Waals surface area contributed by atoms with Crippen molar-refractivity contribution >= 4 is 21.6 Å². The molecule has 1 amide bonds. The van der Waals surface area contributed by atoms with E-state index in [2.05, 4.69) is 0 Å². The molecular weight excluding hydrogens is 312 g/mol. The standard InChI is InChI=1S/C17H26N2O3S/c1-14-9-8-10-16(13-14)19(23(3,21)22)15(2)17(20)18-11-6-4-5-7-12-18/h8-10,13,15H,4-7,11-12H2,1-3H3/t15-/m1/s1. The van der Waals surface area contributed by atoms with Crippen molar-refractivity contribution in [3.05, 3.63) is 29.8 Å². The molecule has 1 aliphatic heterocycles. The van der Waals surface area contributed by atoms with Crippen molar-refractivity contribution in [2.45, 2.75) is 45.6 Å². The molecule has 1 aromatic carbocycles. The first-order valence-electron chi connectivity index (χ1n) is 8.15. The monoisotopic (exact) mass is 338 g/mol. The maximum Gasteiger partial charge on any atom is 0.246 e. The zero-order valence-corrected chi connectivity index (χ0v) is 15.0. The van der Waals surface area contributed by atoms with E-state index in [0.29, 0.717) is 18.8 Å². The highest BCUT2D eigenvalue weighted by Crippen LogP contribution is 2.23. The summed E-state index contributed by atoms with van der Waals surface area (Å²) in [5.74, 6) is -0.112. The molecule has 23 heavy (non-hydrogen) atoms. The Bertz CT molecular complexity index is 650. The van der Waals surface area contributed by atoms with Crippen LogP contribution in [0.1, 0.15) is 38.2 Å². The number of hydrogen-bond acceptors (Lipinski definition) is 3. The lowest BCUT2D eigenvalue weighted by molar-refractivity contribution is -0.131. The Hall–Kier alpha value is -1.56. The third kappa shape index (κ3) is 4.47. The Morgan fingerprint density at radius 3 is 2.30 bits per heavy atom. The molecule has 0 saturated carbocycles. The highest BCUT2D eigenvalue weighted by Gasteiger charge is 2.32. The Kier molecular flexibility index (Phi) is 5.68. The van der Waals surface area contributed by atoms with Crippen molar-refractivity contribution < 1.29 is 13.2 Å². The van der Waals surface area contributed by atoms with Crippen LogP contribution in [0.3, 0.4) is 0 Å². The van der Waals surface area contributed by atoms with E-state index in [9.17, 15) is 13.2 Å². The van der Waals surface area contributed by atoms with Gasteiger partial charge in [0.05, 0.1) is 11.9 Å². The summed E-state index contributed by atoms with van der Waals surface area (Å²) in [6, 6.07) is 6.52. The minimum absolute atomic E-state index is 0.112. The number of anilines is 1. The SMILES string of the molecule is Cc1cccc(N([C@H](C)C(=O)N2CCCCCC2)S(C)(=O)=O)c1. The molecule has 0 unspecified atom stereocenters. The van der Waals surface area contributed by atoms with E-state index in [1.807, 2.05) is 24.0 Å². The summed E-state index contributed by atoms with van der Waals surface area (Å²) in [5.41, 5.74) is 1.51. The minimum atomic E-state index is -3.54. The minimum Gasteiger partial charge on any atom is -0.341 e. The first-order chi connectivity index (χ1) is 10.8.